The lowest BCUT2D eigenvalue weighted by Gasteiger charge is -2.18. The zero-order valence-electron chi connectivity index (χ0n) is 10.9. The van der Waals surface area contributed by atoms with Crippen molar-refractivity contribution in [3.05, 3.63) is 41.1 Å². The monoisotopic (exact) mass is 255 g/mol. The van der Waals surface area contributed by atoms with Gasteiger partial charge in [0, 0.05) is 17.8 Å². The van der Waals surface area contributed by atoms with Crippen LogP contribution in [0.25, 0.3) is 0 Å². The van der Waals surface area contributed by atoms with E-state index in [0.29, 0.717) is 11.8 Å². The number of hydrogen-bond donors (Lipinski definition) is 3. The Morgan fingerprint density at radius 3 is 2.79 bits per heavy atom. The number of benzene rings is 1. The quantitative estimate of drug-likeness (QED) is 0.762. The molecule has 5 heteroatoms. The van der Waals surface area contributed by atoms with Crippen molar-refractivity contribution in [2.75, 3.05) is 17.6 Å². The average molecular weight is 255 g/mol. The fourth-order valence-corrected chi connectivity index (χ4v) is 2.21. The Labute approximate surface area is 112 Å². The van der Waals surface area contributed by atoms with Crippen molar-refractivity contribution in [2.45, 2.75) is 19.9 Å². The molecule has 1 aromatic carbocycles. The standard InChI is InChI=1S/C14H17N5/c1-9-2-4-10(5-3-9)17-14-18-12-8-16-7-6-11(12)13(15)19-14/h2-5,16H,6-8H2,1H3,(H3,15,17,18,19). The second-order valence-electron chi connectivity index (χ2n) is 4.78. The van der Waals surface area contributed by atoms with Crippen LogP contribution in [0.3, 0.4) is 0 Å². The van der Waals surface area contributed by atoms with E-state index in [0.717, 1.165) is 36.5 Å². The molecule has 4 N–H and O–H groups in total. The largest absolute Gasteiger partial charge is 0.383 e. The molecule has 1 aliphatic heterocycles. The van der Waals surface area contributed by atoms with Gasteiger partial charge in [-0.25, -0.2) is 4.98 Å². The van der Waals surface area contributed by atoms with Crippen molar-refractivity contribution in [2.24, 2.45) is 0 Å². The number of anilines is 3. The summed E-state index contributed by atoms with van der Waals surface area (Å²) in [5.74, 6) is 1.14. The molecule has 0 fully saturated rings. The molecule has 0 saturated heterocycles. The summed E-state index contributed by atoms with van der Waals surface area (Å²) in [6.45, 7) is 3.75. The van der Waals surface area contributed by atoms with E-state index in [1.165, 1.54) is 5.56 Å². The highest BCUT2D eigenvalue weighted by molar-refractivity contribution is 5.57. The number of hydrogen-bond acceptors (Lipinski definition) is 5. The van der Waals surface area contributed by atoms with E-state index in [-0.39, 0.29) is 0 Å². The molecule has 0 radical (unpaired) electrons. The molecule has 0 bridgehead atoms. The van der Waals surface area contributed by atoms with Gasteiger partial charge in [-0.1, -0.05) is 17.7 Å². The van der Waals surface area contributed by atoms with Crippen LogP contribution in [0.1, 0.15) is 16.8 Å². The van der Waals surface area contributed by atoms with Crippen LogP contribution in [0.2, 0.25) is 0 Å². The molecule has 0 saturated carbocycles. The van der Waals surface area contributed by atoms with Crippen LogP contribution < -0.4 is 16.4 Å². The predicted molar refractivity (Wildman–Crippen MR) is 76.3 cm³/mol. The predicted octanol–water partition coefficient (Wildman–Crippen LogP) is 1.76. The second-order valence-corrected chi connectivity index (χ2v) is 4.78. The first kappa shape index (κ1) is 11.9. The van der Waals surface area contributed by atoms with Crippen molar-refractivity contribution in [1.29, 1.82) is 0 Å². The summed E-state index contributed by atoms with van der Waals surface area (Å²) in [5.41, 5.74) is 10.3. The molecule has 0 spiro atoms. The fraction of sp³-hybridized carbons (Fsp3) is 0.286. The van der Waals surface area contributed by atoms with Crippen molar-refractivity contribution in [3.63, 3.8) is 0 Å². The lowest BCUT2D eigenvalue weighted by Crippen LogP contribution is -2.26. The summed E-state index contributed by atoms with van der Waals surface area (Å²) in [6, 6.07) is 8.11. The number of fused-ring (bicyclic) bond motifs is 1. The highest BCUT2D eigenvalue weighted by Crippen LogP contribution is 2.21. The lowest BCUT2D eigenvalue weighted by molar-refractivity contribution is 0.626. The van der Waals surface area contributed by atoms with Crippen molar-refractivity contribution >= 4 is 17.5 Å². The smallest absolute Gasteiger partial charge is 0.229 e. The van der Waals surface area contributed by atoms with Gasteiger partial charge in [0.25, 0.3) is 0 Å². The zero-order valence-corrected chi connectivity index (χ0v) is 10.9. The van der Waals surface area contributed by atoms with Crippen LogP contribution >= 0.6 is 0 Å². The minimum atomic E-state index is 0.559. The zero-order chi connectivity index (χ0) is 13.2. The van der Waals surface area contributed by atoms with Crippen LogP contribution in [0, 0.1) is 6.92 Å². The summed E-state index contributed by atoms with van der Waals surface area (Å²) >= 11 is 0. The van der Waals surface area contributed by atoms with E-state index in [2.05, 4.69) is 27.5 Å². The third-order valence-electron chi connectivity index (χ3n) is 3.28. The van der Waals surface area contributed by atoms with Crippen LogP contribution in [-0.4, -0.2) is 16.5 Å². The molecule has 5 nitrogen and oxygen atoms in total. The Morgan fingerprint density at radius 2 is 2.00 bits per heavy atom. The second kappa shape index (κ2) is 4.85. The number of nitrogens with zero attached hydrogens (tertiary/aromatic N) is 2. The van der Waals surface area contributed by atoms with Gasteiger partial charge in [-0.2, -0.15) is 4.98 Å². The van der Waals surface area contributed by atoms with Gasteiger partial charge in [0.2, 0.25) is 5.95 Å². The molecular formula is C14H17N5. The van der Waals surface area contributed by atoms with Gasteiger partial charge in [-0.15, -0.1) is 0 Å². The van der Waals surface area contributed by atoms with E-state index in [1.807, 2.05) is 24.3 Å². The van der Waals surface area contributed by atoms with Crippen LogP contribution in [-0.2, 0) is 13.0 Å². The van der Waals surface area contributed by atoms with Gasteiger partial charge in [0.05, 0.1) is 5.69 Å². The topological polar surface area (TPSA) is 75.9 Å². The van der Waals surface area contributed by atoms with Crippen molar-refractivity contribution < 1.29 is 0 Å². The molecule has 2 heterocycles. The van der Waals surface area contributed by atoms with E-state index in [4.69, 9.17) is 5.73 Å². The Bertz CT molecular complexity index is 592. The SMILES string of the molecule is Cc1ccc(Nc2nc(N)c3c(n2)CNCC3)cc1. The summed E-state index contributed by atoms with van der Waals surface area (Å²) in [4.78, 5) is 8.86. The average Bonchev–Trinajstić information content (AvgIpc) is 2.42. The minimum absolute atomic E-state index is 0.559. The molecule has 1 aliphatic rings. The lowest BCUT2D eigenvalue weighted by atomic mass is 10.1. The summed E-state index contributed by atoms with van der Waals surface area (Å²) < 4.78 is 0. The Morgan fingerprint density at radius 1 is 1.21 bits per heavy atom. The minimum Gasteiger partial charge on any atom is -0.383 e. The van der Waals surface area contributed by atoms with Gasteiger partial charge < -0.3 is 16.4 Å². The molecule has 1 aromatic heterocycles. The molecule has 0 amide bonds. The number of nitrogens with two attached hydrogens (primary N) is 1. The molecule has 0 unspecified atom stereocenters. The van der Waals surface area contributed by atoms with Crippen LogP contribution in [0.4, 0.5) is 17.5 Å². The molecule has 0 aliphatic carbocycles. The first-order valence-corrected chi connectivity index (χ1v) is 6.42. The van der Waals surface area contributed by atoms with Gasteiger partial charge in [0.1, 0.15) is 5.82 Å². The number of nitrogens with one attached hydrogen (secondary N) is 2. The van der Waals surface area contributed by atoms with E-state index >= 15 is 0 Å². The molecule has 98 valence electrons. The van der Waals surface area contributed by atoms with E-state index in [1.54, 1.807) is 0 Å². The normalized spacial score (nSPS) is 13.9. The summed E-state index contributed by atoms with van der Waals surface area (Å²) in [6.07, 6.45) is 0.895. The number of aromatic nitrogens is 2. The highest BCUT2D eigenvalue weighted by Gasteiger charge is 2.15. The summed E-state index contributed by atoms with van der Waals surface area (Å²) in [7, 11) is 0. The third kappa shape index (κ3) is 2.51. The molecule has 2 aromatic rings. The fourth-order valence-electron chi connectivity index (χ4n) is 2.21. The maximum atomic E-state index is 6.00. The van der Waals surface area contributed by atoms with Gasteiger partial charge in [-0.05, 0) is 32.0 Å². The molecule has 3 rings (SSSR count). The van der Waals surface area contributed by atoms with Crippen LogP contribution in [0.5, 0.6) is 0 Å². The third-order valence-corrected chi connectivity index (χ3v) is 3.28. The molecule has 0 atom stereocenters. The number of nitrogen functional groups attached to an aromatic ring is 1. The Balaban J connectivity index is 1.89. The number of aryl methyl sites for hydroxylation is 1. The van der Waals surface area contributed by atoms with Gasteiger partial charge in [-0.3, -0.25) is 0 Å². The maximum Gasteiger partial charge on any atom is 0.229 e. The molecule has 19 heavy (non-hydrogen) atoms. The highest BCUT2D eigenvalue weighted by atomic mass is 15.1. The maximum absolute atomic E-state index is 6.00. The van der Waals surface area contributed by atoms with E-state index in [9.17, 15) is 0 Å². The number of rotatable bonds is 2. The Kier molecular flexibility index (Phi) is 3.05. The van der Waals surface area contributed by atoms with Gasteiger partial charge >= 0.3 is 0 Å². The Hall–Kier alpha value is -2.14. The first-order valence-electron chi connectivity index (χ1n) is 6.42. The van der Waals surface area contributed by atoms with Gasteiger partial charge in [0.15, 0.2) is 0 Å². The van der Waals surface area contributed by atoms with Crippen LogP contribution in [0.15, 0.2) is 24.3 Å². The van der Waals surface area contributed by atoms with E-state index < -0.39 is 0 Å². The summed E-state index contributed by atoms with van der Waals surface area (Å²) in [5, 5.41) is 6.49. The van der Waals surface area contributed by atoms with Crippen molar-refractivity contribution in [3.8, 4) is 0 Å². The molecular weight excluding hydrogens is 238 g/mol. The first-order chi connectivity index (χ1) is 9.22. The van der Waals surface area contributed by atoms with Crippen molar-refractivity contribution in [1.82, 2.24) is 15.3 Å².